The fraction of sp³-hybridized carbons (Fsp3) is 1.00. The minimum atomic E-state index is -6.89. The summed E-state index contributed by atoms with van der Waals surface area (Å²) in [4.78, 5) is 0. The van der Waals surface area contributed by atoms with Crippen molar-refractivity contribution in [1.82, 2.24) is 4.67 Å². The van der Waals surface area contributed by atoms with Gasteiger partial charge in [0.2, 0.25) is 0 Å². The Labute approximate surface area is 143 Å². The van der Waals surface area contributed by atoms with Gasteiger partial charge in [0.05, 0.1) is 0 Å². The highest BCUT2D eigenvalue weighted by molar-refractivity contribution is 7.78. The van der Waals surface area contributed by atoms with Crippen LogP contribution in [0.25, 0.3) is 0 Å². The standard InChI is InChI=1S/C5H7F12N5OP4/c1-22(2)26(16)19-24(12,13)18-25(14,15)20-27(17,21-26)23-3(4(6,7)8)5(9,10)11/h3H,1-2H3. The fourth-order valence-electron chi connectivity index (χ4n) is 1.25. The van der Waals surface area contributed by atoms with Gasteiger partial charge in [-0.15, -0.1) is 34.8 Å². The first-order valence-corrected chi connectivity index (χ1v) is 11.8. The Bertz CT molecular complexity index is 788. The largest absolute Gasteiger partial charge is 0.425 e. The Morgan fingerprint density at radius 2 is 1.11 bits per heavy atom. The van der Waals surface area contributed by atoms with E-state index >= 15 is 0 Å². The molecule has 0 radical (unpaired) electrons. The molecule has 6 nitrogen and oxygen atoms in total. The Kier molecular flexibility index (Phi) is 6.82. The van der Waals surface area contributed by atoms with Gasteiger partial charge in [0, 0.05) is 0 Å². The van der Waals surface area contributed by atoms with Crippen LogP contribution in [0.4, 0.5) is 51.5 Å². The van der Waals surface area contributed by atoms with E-state index in [0.717, 1.165) is 0 Å². The zero-order valence-corrected chi connectivity index (χ0v) is 16.1. The predicted octanol–water partition coefficient (Wildman–Crippen LogP) is 8.67. The highest BCUT2D eigenvalue weighted by atomic mass is 31.3. The van der Waals surface area contributed by atoms with E-state index in [-0.39, 0.29) is 4.67 Å². The van der Waals surface area contributed by atoms with Crippen molar-refractivity contribution in [1.29, 1.82) is 0 Å². The summed E-state index contributed by atoms with van der Waals surface area (Å²) in [5, 5.41) is 0. The molecule has 162 valence electrons. The van der Waals surface area contributed by atoms with Crippen LogP contribution >= 0.6 is 31.1 Å². The maximum atomic E-state index is 14.5. The first-order chi connectivity index (χ1) is 11.6. The van der Waals surface area contributed by atoms with Crippen LogP contribution in [0.5, 0.6) is 0 Å². The molecule has 0 amide bonds. The van der Waals surface area contributed by atoms with Crippen LogP contribution in [-0.2, 0) is 4.52 Å². The van der Waals surface area contributed by atoms with Gasteiger partial charge in [0.25, 0.3) is 6.10 Å². The molecule has 1 aliphatic rings. The van der Waals surface area contributed by atoms with Crippen molar-refractivity contribution >= 4 is 31.1 Å². The fourth-order valence-corrected chi connectivity index (χ4v) is 9.55. The third-order valence-electron chi connectivity index (χ3n) is 2.22. The van der Waals surface area contributed by atoms with Crippen molar-refractivity contribution in [2.24, 2.45) is 18.1 Å². The van der Waals surface area contributed by atoms with E-state index in [9.17, 15) is 51.5 Å². The summed E-state index contributed by atoms with van der Waals surface area (Å²) < 4.78 is 167. The molecule has 0 saturated carbocycles. The summed E-state index contributed by atoms with van der Waals surface area (Å²) in [5.74, 6) is 0. The van der Waals surface area contributed by atoms with E-state index in [2.05, 4.69) is 9.04 Å². The first-order valence-electron chi connectivity index (χ1n) is 5.84. The normalized spacial score (nSPS) is 31.3. The van der Waals surface area contributed by atoms with E-state index in [4.69, 9.17) is 0 Å². The zero-order valence-electron chi connectivity index (χ0n) is 12.5. The molecule has 0 N–H and O–H groups in total. The average molecular weight is 505 g/mol. The van der Waals surface area contributed by atoms with Crippen LogP contribution in [-0.4, -0.2) is 37.2 Å². The Morgan fingerprint density at radius 1 is 0.704 bits per heavy atom. The van der Waals surface area contributed by atoms with E-state index in [1.165, 1.54) is 4.52 Å². The van der Waals surface area contributed by atoms with Gasteiger partial charge in [0.1, 0.15) is 0 Å². The lowest BCUT2D eigenvalue weighted by Gasteiger charge is -2.27. The summed E-state index contributed by atoms with van der Waals surface area (Å²) in [6.07, 6.45) is -17.8. The molecule has 0 fully saturated rings. The maximum Gasteiger partial charge on any atom is 0.425 e. The highest BCUT2D eigenvalue weighted by Gasteiger charge is 2.61. The highest BCUT2D eigenvalue weighted by Crippen LogP contribution is 2.82. The van der Waals surface area contributed by atoms with E-state index in [0.29, 0.717) is 14.1 Å². The van der Waals surface area contributed by atoms with E-state index < -0.39 is 49.5 Å². The average Bonchev–Trinajstić information content (AvgIpc) is 2.28. The molecule has 27 heavy (non-hydrogen) atoms. The molecule has 1 rings (SSSR count). The van der Waals surface area contributed by atoms with Crippen molar-refractivity contribution in [2.45, 2.75) is 18.5 Å². The molecule has 1 heterocycles. The predicted molar refractivity (Wildman–Crippen MR) is 74.7 cm³/mol. The minimum absolute atomic E-state index is 0.0261. The maximum absolute atomic E-state index is 14.5. The lowest BCUT2D eigenvalue weighted by atomic mass is 10.3. The quantitative estimate of drug-likeness (QED) is 0.285. The van der Waals surface area contributed by atoms with Crippen molar-refractivity contribution < 1.29 is 56.0 Å². The van der Waals surface area contributed by atoms with Crippen LogP contribution in [0.2, 0.25) is 0 Å². The molecule has 2 atom stereocenters. The van der Waals surface area contributed by atoms with E-state index in [1.54, 1.807) is 4.52 Å². The van der Waals surface area contributed by atoms with Crippen LogP contribution in [0.15, 0.2) is 18.1 Å². The summed E-state index contributed by atoms with van der Waals surface area (Å²) in [6.45, 7) is 0. The molecular formula is C5H7F12N5OP4. The molecule has 0 spiro atoms. The number of halogens is 12. The summed E-state index contributed by atoms with van der Waals surface area (Å²) >= 11 is 0. The number of alkyl halides is 6. The van der Waals surface area contributed by atoms with Gasteiger partial charge in [0.15, 0.2) is 0 Å². The molecular weight excluding hydrogens is 498 g/mol. The molecule has 0 aliphatic carbocycles. The van der Waals surface area contributed by atoms with Gasteiger partial charge < -0.3 is 0 Å². The van der Waals surface area contributed by atoms with Crippen LogP contribution in [0.3, 0.4) is 0 Å². The first kappa shape index (κ1) is 25.0. The number of nitrogens with zero attached hydrogens (tertiary/aromatic N) is 5. The number of hydrogen-bond acceptors (Lipinski definition) is 6. The summed E-state index contributed by atoms with van der Waals surface area (Å²) in [7, 11) is -24.9. The molecule has 22 heteroatoms. The molecule has 0 saturated heterocycles. The molecule has 0 aromatic heterocycles. The van der Waals surface area contributed by atoms with Gasteiger partial charge in [-0.3, -0.25) is 4.52 Å². The topological polar surface area (TPSA) is 61.9 Å². The molecule has 0 bridgehead atoms. The second kappa shape index (κ2) is 7.36. The van der Waals surface area contributed by atoms with Crippen molar-refractivity contribution in [3.05, 3.63) is 0 Å². The summed E-state index contributed by atoms with van der Waals surface area (Å²) in [6, 6.07) is 0. The van der Waals surface area contributed by atoms with Crippen LogP contribution < -0.4 is 0 Å². The second-order valence-electron chi connectivity index (χ2n) is 4.65. The van der Waals surface area contributed by atoms with Crippen molar-refractivity contribution in [2.75, 3.05) is 14.1 Å². The Hall–Kier alpha value is -0.0000000000000000555. The Morgan fingerprint density at radius 3 is 1.48 bits per heavy atom. The smallest absolute Gasteiger partial charge is 0.280 e. The van der Waals surface area contributed by atoms with Crippen molar-refractivity contribution in [3.8, 4) is 0 Å². The molecule has 0 aromatic rings. The van der Waals surface area contributed by atoms with E-state index in [1.807, 2.05) is 4.52 Å². The van der Waals surface area contributed by atoms with Crippen molar-refractivity contribution in [3.63, 3.8) is 0 Å². The SMILES string of the molecule is CN(C)P1(F)=NP(F)(OC(C(F)(F)F)C(F)(F)F)=NP(F)(F)=NP(F)(F)=N1. The zero-order chi connectivity index (χ0) is 21.7. The monoisotopic (exact) mass is 505 g/mol. The van der Waals surface area contributed by atoms with Gasteiger partial charge in [-0.1, -0.05) is 0 Å². The Balaban J connectivity index is 3.81. The van der Waals surface area contributed by atoms with Gasteiger partial charge in [-0.2, -0.15) is 34.7 Å². The summed E-state index contributed by atoms with van der Waals surface area (Å²) in [5.41, 5.74) is 0. The lowest BCUT2D eigenvalue weighted by molar-refractivity contribution is -0.300. The third-order valence-corrected chi connectivity index (χ3v) is 10.7. The van der Waals surface area contributed by atoms with Crippen LogP contribution in [0, 0.1) is 0 Å². The van der Waals surface area contributed by atoms with Gasteiger partial charge in [-0.25, -0.2) is 4.67 Å². The number of rotatable bonds is 3. The third kappa shape index (κ3) is 6.78. The molecule has 1 aliphatic heterocycles. The van der Waals surface area contributed by atoms with Crippen LogP contribution in [0.1, 0.15) is 0 Å². The molecule has 2 unspecified atom stereocenters. The van der Waals surface area contributed by atoms with Gasteiger partial charge >= 0.3 is 43.4 Å². The lowest BCUT2D eigenvalue weighted by Crippen LogP contribution is -2.43. The number of hydrogen-bond donors (Lipinski definition) is 0. The second-order valence-corrected chi connectivity index (χ2v) is 12.3. The molecule has 0 aromatic carbocycles. The van der Waals surface area contributed by atoms with Gasteiger partial charge in [-0.05, 0) is 14.1 Å². The minimum Gasteiger partial charge on any atom is -0.280 e.